The van der Waals surface area contributed by atoms with Crippen LogP contribution < -0.4 is 11.1 Å². The molecular weight excluding hydrogens is 212 g/mol. The number of nitrogens with two attached hydrogens (primary N) is 1. The van der Waals surface area contributed by atoms with Crippen molar-refractivity contribution < 1.29 is 4.79 Å². The van der Waals surface area contributed by atoms with Crippen LogP contribution in [0.1, 0.15) is 39.7 Å². The fourth-order valence-corrected chi connectivity index (χ4v) is 1.47. The van der Waals surface area contributed by atoms with Gasteiger partial charge >= 0.3 is 0 Å². The molecule has 1 rings (SSSR count). The summed E-state index contributed by atoms with van der Waals surface area (Å²) in [6.45, 7) is 8.38. The van der Waals surface area contributed by atoms with E-state index in [1.54, 1.807) is 0 Å². The van der Waals surface area contributed by atoms with Crippen molar-refractivity contribution in [2.45, 2.75) is 45.6 Å². The van der Waals surface area contributed by atoms with Crippen LogP contribution in [0.25, 0.3) is 0 Å². The number of hydrogen-bond donors (Lipinski definition) is 2. The van der Waals surface area contributed by atoms with Gasteiger partial charge in [0.1, 0.15) is 0 Å². The Morgan fingerprint density at radius 1 is 1.29 bits per heavy atom. The summed E-state index contributed by atoms with van der Waals surface area (Å²) in [4.78, 5) is 11.6. The molecule has 0 bridgehead atoms. The van der Waals surface area contributed by atoms with Crippen molar-refractivity contribution >= 4 is 11.6 Å². The van der Waals surface area contributed by atoms with Crippen molar-refractivity contribution in [3.05, 3.63) is 29.8 Å². The maximum Gasteiger partial charge on any atom is 0.241 e. The number of nitrogens with one attached hydrogen (secondary N) is 1. The maximum atomic E-state index is 11.6. The molecule has 1 aromatic carbocycles. The fraction of sp³-hybridized carbons (Fsp3) is 0.500. The van der Waals surface area contributed by atoms with E-state index < -0.39 is 6.04 Å². The lowest BCUT2D eigenvalue weighted by Gasteiger charge is -2.19. The highest BCUT2D eigenvalue weighted by Gasteiger charge is 2.14. The second-order valence-corrected chi connectivity index (χ2v) is 5.33. The van der Waals surface area contributed by atoms with Gasteiger partial charge in [-0.2, -0.15) is 0 Å². The molecule has 0 aliphatic heterocycles. The molecule has 3 nitrogen and oxygen atoms in total. The number of anilines is 1. The average molecular weight is 234 g/mol. The summed E-state index contributed by atoms with van der Waals surface area (Å²) in [5.41, 5.74) is 7.82. The lowest BCUT2D eigenvalue weighted by molar-refractivity contribution is -0.117. The summed E-state index contributed by atoms with van der Waals surface area (Å²) >= 11 is 0. The van der Waals surface area contributed by atoms with Gasteiger partial charge in [0, 0.05) is 5.69 Å². The zero-order chi connectivity index (χ0) is 13.1. The molecule has 0 fully saturated rings. The van der Waals surface area contributed by atoms with Crippen molar-refractivity contribution in [3.63, 3.8) is 0 Å². The number of benzene rings is 1. The Labute approximate surface area is 103 Å². The van der Waals surface area contributed by atoms with Crippen LogP contribution in [0.3, 0.4) is 0 Å². The third-order valence-electron chi connectivity index (χ3n) is 2.80. The van der Waals surface area contributed by atoms with Gasteiger partial charge in [-0.3, -0.25) is 4.79 Å². The average Bonchev–Trinajstić information content (AvgIpc) is 2.27. The van der Waals surface area contributed by atoms with E-state index in [9.17, 15) is 4.79 Å². The summed E-state index contributed by atoms with van der Waals surface area (Å²) in [7, 11) is 0. The molecule has 1 aromatic rings. The van der Waals surface area contributed by atoms with Crippen LogP contribution in [0.2, 0.25) is 0 Å². The van der Waals surface area contributed by atoms with Crippen molar-refractivity contribution in [2.24, 2.45) is 5.73 Å². The fourth-order valence-electron chi connectivity index (χ4n) is 1.47. The Bertz CT molecular complexity index is 376. The molecule has 0 spiro atoms. The van der Waals surface area contributed by atoms with E-state index in [2.05, 4.69) is 26.1 Å². The lowest BCUT2D eigenvalue weighted by atomic mass is 9.87. The quantitative estimate of drug-likeness (QED) is 0.844. The van der Waals surface area contributed by atoms with Crippen molar-refractivity contribution in [1.29, 1.82) is 0 Å². The van der Waals surface area contributed by atoms with Crippen LogP contribution in [0.15, 0.2) is 24.3 Å². The molecular formula is C14H22N2O. The van der Waals surface area contributed by atoms with Gasteiger partial charge in [-0.1, -0.05) is 39.8 Å². The standard InChI is InChI=1S/C14H22N2O/c1-5-12(15)13(17)16-11-8-6-10(7-9-11)14(2,3)4/h6-9,12H,5,15H2,1-4H3,(H,16,17). The lowest BCUT2D eigenvalue weighted by Crippen LogP contribution is -2.34. The molecule has 0 aliphatic carbocycles. The van der Waals surface area contributed by atoms with Gasteiger partial charge in [-0.25, -0.2) is 0 Å². The van der Waals surface area contributed by atoms with Crippen LogP contribution >= 0.6 is 0 Å². The minimum Gasteiger partial charge on any atom is -0.325 e. The SMILES string of the molecule is CCC(N)C(=O)Nc1ccc(C(C)(C)C)cc1. The Hall–Kier alpha value is -1.35. The minimum atomic E-state index is -0.433. The number of rotatable bonds is 3. The van der Waals surface area contributed by atoms with Gasteiger partial charge in [0.25, 0.3) is 0 Å². The first-order valence-corrected chi connectivity index (χ1v) is 6.01. The van der Waals surface area contributed by atoms with E-state index >= 15 is 0 Å². The summed E-state index contributed by atoms with van der Waals surface area (Å²) in [6, 6.07) is 7.47. The van der Waals surface area contributed by atoms with Gasteiger partial charge in [-0.15, -0.1) is 0 Å². The highest BCUT2D eigenvalue weighted by Crippen LogP contribution is 2.23. The third kappa shape index (κ3) is 3.86. The van der Waals surface area contributed by atoms with Crippen molar-refractivity contribution in [1.82, 2.24) is 0 Å². The number of carbonyl (C=O) groups is 1. The molecule has 1 amide bonds. The Morgan fingerprint density at radius 3 is 2.24 bits per heavy atom. The smallest absolute Gasteiger partial charge is 0.241 e. The second kappa shape index (κ2) is 5.32. The number of amides is 1. The highest BCUT2D eigenvalue weighted by atomic mass is 16.2. The van der Waals surface area contributed by atoms with E-state index in [1.807, 2.05) is 31.2 Å². The topological polar surface area (TPSA) is 55.1 Å². The van der Waals surface area contributed by atoms with Gasteiger partial charge in [0.2, 0.25) is 5.91 Å². The zero-order valence-corrected chi connectivity index (χ0v) is 11.1. The maximum absolute atomic E-state index is 11.6. The van der Waals surface area contributed by atoms with E-state index in [-0.39, 0.29) is 11.3 Å². The summed E-state index contributed by atoms with van der Waals surface area (Å²) in [5, 5.41) is 2.81. The summed E-state index contributed by atoms with van der Waals surface area (Å²) < 4.78 is 0. The van der Waals surface area contributed by atoms with Crippen LogP contribution in [0, 0.1) is 0 Å². The van der Waals surface area contributed by atoms with Gasteiger partial charge < -0.3 is 11.1 Å². The highest BCUT2D eigenvalue weighted by molar-refractivity contribution is 5.94. The Kier molecular flexibility index (Phi) is 4.29. The first-order valence-electron chi connectivity index (χ1n) is 6.01. The largest absolute Gasteiger partial charge is 0.325 e. The molecule has 0 saturated heterocycles. The first-order chi connectivity index (χ1) is 7.84. The predicted molar refractivity (Wildman–Crippen MR) is 72.0 cm³/mol. The molecule has 3 heteroatoms. The molecule has 17 heavy (non-hydrogen) atoms. The number of carbonyl (C=O) groups excluding carboxylic acids is 1. The molecule has 0 aromatic heterocycles. The van der Waals surface area contributed by atoms with Crippen molar-refractivity contribution in [3.8, 4) is 0 Å². The second-order valence-electron chi connectivity index (χ2n) is 5.33. The Balaban J connectivity index is 2.73. The van der Waals surface area contributed by atoms with Gasteiger partial charge in [-0.05, 0) is 29.5 Å². The van der Waals surface area contributed by atoms with Crippen LogP contribution in [0.4, 0.5) is 5.69 Å². The number of hydrogen-bond acceptors (Lipinski definition) is 2. The van der Waals surface area contributed by atoms with E-state index in [1.165, 1.54) is 5.56 Å². The Morgan fingerprint density at radius 2 is 1.82 bits per heavy atom. The summed E-state index contributed by atoms with van der Waals surface area (Å²) in [6.07, 6.45) is 0.645. The molecule has 0 aliphatic rings. The van der Waals surface area contributed by atoms with Crippen molar-refractivity contribution in [2.75, 3.05) is 5.32 Å². The zero-order valence-electron chi connectivity index (χ0n) is 11.1. The third-order valence-corrected chi connectivity index (χ3v) is 2.80. The molecule has 0 saturated carbocycles. The summed E-state index contributed by atoms with van der Waals surface area (Å²) in [5.74, 6) is -0.129. The van der Waals surface area contributed by atoms with Crippen LogP contribution in [-0.4, -0.2) is 11.9 Å². The normalized spacial score (nSPS) is 13.2. The van der Waals surface area contributed by atoms with E-state index in [4.69, 9.17) is 5.73 Å². The minimum absolute atomic E-state index is 0.127. The van der Waals surface area contributed by atoms with Gasteiger partial charge in [0.05, 0.1) is 6.04 Å². The van der Waals surface area contributed by atoms with E-state index in [0.717, 1.165) is 5.69 Å². The van der Waals surface area contributed by atoms with Crippen LogP contribution in [0.5, 0.6) is 0 Å². The molecule has 1 atom stereocenters. The monoisotopic (exact) mass is 234 g/mol. The molecule has 0 heterocycles. The molecule has 1 unspecified atom stereocenters. The first kappa shape index (κ1) is 13.7. The predicted octanol–water partition coefficient (Wildman–Crippen LogP) is 2.66. The molecule has 0 radical (unpaired) electrons. The van der Waals surface area contributed by atoms with E-state index in [0.29, 0.717) is 6.42 Å². The molecule has 94 valence electrons. The molecule has 3 N–H and O–H groups in total. The van der Waals surface area contributed by atoms with Crippen LogP contribution in [-0.2, 0) is 10.2 Å². The van der Waals surface area contributed by atoms with Gasteiger partial charge in [0.15, 0.2) is 0 Å².